The number of rotatable bonds is 5. The predicted octanol–water partition coefficient (Wildman–Crippen LogP) is 1.48. The number of piperidine rings is 1. The molecule has 1 aliphatic heterocycles. The molecule has 0 saturated carbocycles. The van der Waals surface area contributed by atoms with Crippen molar-refractivity contribution in [3.8, 4) is 0 Å². The Hall–Kier alpha value is -2.58. The van der Waals surface area contributed by atoms with E-state index in [1.54, 1.807) is 29.6 Å². The van der Waals surface area contributed by atoms with Crippen molar-refractivity contribution in [2.24, 2.45) is 0 Å². The third kappa shape index (κ3) is 6.38. The van der Waals surface area contributed by atoms with Gasteiger partial charge in [0.05, 0.1) is 0 Å². The molecule has 0 spiro atoms. The Morgan fingerprint density at radius 2 is 1.69 bits per heavy atom. The van der Waals surface area contributed by atoms with Crippen LogP contribution in [0.25, 0.3) is 0 Å². The van der Waals surface area contributed by atoms with Crippen molar-refractivity contribution in [1.82, 2.24) is 15.5 Å². The number of benzene rings is 1. The van der Waals surface area contributed by atoms with E-state index in [-0.39, 0.29) is 11.9 Å². The molecule has 6 nitrogen and oxygen atoms in total. The first-order valence-corrected chi connectivity index (χ1v) is 8.22. The van der Waals surface area contributed by atoms with Crippen LogP contribution in [0.2, 0.25) is 0 Å². The summed E-state index contributed by atoms with van der Waals surface area (Å²) in [5.41, 5.74) is 0.548. The molecule has 1 heterocycles. The first-order valence-electron chi connectivity index (χ1n) is 8.22. The van der Waals surface area contributed by atoms with Crippen LogP contribution in [0.5, 0.6) is 0 Å². The Balaban J connectivity index is 1.73. The number of amides is 3. The van der Waals surface area contributed by atoms with Crippen molar-refractivity contribution in [2.45, 2.75) is 31.5 Å². The molecule has 142 valence electrons. The normalized spacial score (nSPS) is 15.4. The highest BCUT2D eigenvalue weighted by molar-refractivity contribution is 5.97. The van der Waals surface area contributed by atoms with Gasteiger partial charge in [-0.05, 0) is 25.0 Å². The van der Waals surface area contributed by atoms with Gasteiger partial charge in [-0.3, -0.25) is 14.4 Å². The Labute approximate surface area is 148 Å². The maximum atomic E-state index is 12.1. The lowest BCUT2D eigenvalue weighted by Crippen LogP contribution is -2.47. The third-order valence-electron chi connectivity index (χ3n) is 4.02. The van der Waals surface area contributed by atoms with Crippen LogP contribution >= 0.6 is 0 Å². The van der Waals surface area contributed by atoms with Crippen molar-refractivity contribution in [3.63, 3.8) is 0 Å². The molecule has 0 aliphatic carbocycles. The molecule has 1 saturated heterocycles. The SMILES string of the molecule is O=C(CC(=O)N1CCC(NC(=O)c2ccccc2)CC1)NCC(F)(F)F. The fourth-order valence-corrected chi connectivity index (χ4v) is 2.64. The van der Waals surface area contributed by atoms with Gasteiger partial charge in [0.1, 0.15) is 13.0 Å². The van der Waals surface area contributed by atoms with E-state index < -0.39 is 31.0 Å². The largest absolute Gasteiger partial charge is 0.405 e. The number of likely N-dealkylation sites (tertiary alicyclic amines) is 1. The molecule has 2 rings (SSSR count). The Morgan fingerprint density at radius 3 is 2.27 bits per heavy atom. The van der Waals surface area contributed by atoms with Gasteiger partial charge in [-0.1, -0.05) is 18.2 Å². The van der Waals surface area contributed by atoms with E-state index in [2.05, 4.69) is 5.32 Å². The van der Waals surface area contributed by atoms with Gasteiger partial charge in [0, 0.05) is 24.7 Å². The second-order valence-corrected chi connectivity index (χ2v) is 6.06. The Morgan fingerprint density at radius 1 is 1.08 bits per heavy atom. The van der Waals surface area contributed by atoms with Gasteiger partial charge in [0.25, 0.3) is 5.91 Å². The van der Waals surface area contributed by atoms with Gasteiger partial charge in [-0.15, -0.1) is 0 Å². The first-order chi connectivity index (χ1) is 12.2. The zero-order valence-electron chi connectivity index (χ0n) is 14.0. The standard InChI is InChI=1S/C17H20F3N3O3/c18-17(19,20)11-21-14(24)10-15(25)23-8-6-13(7-9-23)22-16(26)12-4-2-1-3-5-12/h1-5,13H,6-11H2,(H,21,24)(H,22,26). The minimum atomic E-state index is -4.51. The van der Waals surface area contributed by atoms with Crippen LogP contribution in [0.3, 0.4) is 0 Å². The van der Waals surface area contributed by atoms with Crippen molar-refractivity contribution >= 4 is 17.7 Å². The van der Waals surface area contributed by atoms with Crippen LogP contribution in [0.15, 0.2) is 30.3 Å². The molecule has 0 unspecified atom stereocenters. The summed E-state index contributed by atoms with van der Waals surface area (Å²) in [5, 5.41) is 4.57. The number of hydrogen-bond donors (Lipinski definition) is 2. The summed E-state index contributed by atoms with van der Waals surface area (Å²) in [4.78, 5) is 36.9. The summed E-state index contributed by atoms with van der Waals surface area (Å²) in [6.07, 6.45) is -4.08. The van der Waals surface area contributed by atoms with Crippen molar-refractivity contribution in [3.05, 3.63) is 35.9 Å². The van der Waals surface area contributed by atoms with Gasteiger partial charge in [0.15, 0.2) is 0 Å². The lowest BCUT2D eigenvalue weighted by Gasteiger charge is -2.32. The highest BCUT2D eigenvalue weighted by Gasteiger charge is 2.29. The monoisotopic (exact) mass is 371 g/mol. The smallest absolute Gasteiger partial charge is 0.349 e. The van der Waals surface area contributed by atoms with Gasteiger partial charge in [0.2, 0.25) is 11.8 Å². The number of nitrogens with one attached hydrogen (secondary N) is 2. The van der Waals surface area contributed by atoms with E-state index in [1.807, 2.05) is 6.07 Å². The molecule has 1 aliphatic rings. The van der Waals surface area contributed by atoms with E-state index in [4.69, 9.17) is 0 Å². The summed E-state index contributed by atoms with van der Waals surface area (Å²) >= 11 is 0. The molecule has 26 heavy (non-hydrogen) atoms. The summed E-state index contributed by atoms with van der Waals surface area (Å²) in [6, 6.07) is 8.65. The molecular formula is C17H20F3N3O3. The number of hydrogen-bond acceptors (Lipinski definition) is 3. The fraction of sp³-hybridized carbons (Fsp3) is 0.471. The van der Waals surface area contributed by atoms with Gasteiger partial charge in [-0.25, -0.2) is 0 Å². The molecule has 1 aromatic rings. The maximum Gasteiger partial charge on any atom is 0.405 e. The minimum Gasteiger partial charge on any atom is -0.349 e. The van der Waals surface area contributed by atoms with Crippen molar-refractivity contribution in [2.75, 3.05) is 19.6 Å². The second-order valence-electron chi connectivity index (χ2n) is 6.06. The van der Waals surface area contributed by atoms with Crippen LogP contribution in [0.1, 0.15) is 29.6 Å². The van der Waals surface area contributed by atoms with E-state index in [0.29, 0.717) is 31.5 Å². The van der Waals surface area contributed by atoms with E-state index in [1.165, 1.54) is 4.90 Å². The first kappa shape index (κ1) is 19.7. The molecule has 2 N–H and O–H groups in total. The number of nitrogens with zero attached hydrogens (tertiary/aromatic N) is 1. The van der Waals surface area contributed by atoms with E-state index >= 15 is 0 Å². The summed E-state index contributed by atoms with van der Waals surface area (Å²) < 4.78 is 36.1. The highest BCUT2D eigenvalue weighted by Crippen LogP contribution is 2.14. The van der Waals surface area contributed by atoms with E-state index in [0.717, 1.165) is 0 Å². The Bertz CT molecular complexity index is 642. The minimum absolute atomic E-state index is 0.0918. The van der Waals surface area contributed by atoms with Gasteiger partial charge >= 0.3 is 6.18 Å². The van der Waals surface area contributed by atoms with Crippen LogP contribution in [-0.2, 0) is 9.59 Å². The van der Waals surface area contributed by atoms with Crippen molar-refractivity contribution in [1.29, 1.82) is 0 Å². The Kier molecular flexibility index (Phi) is 6.59. The molecule has 9 heteroatoms. The van der Waals surface area contributed by atoms with Crippen LogP contribution in [-0.4, -0.2) is 54.5 Å². The molecule has 0 radical (unpaired) electrons. The summed E-state index contributed by atoms with van der Waals surface area (Å²) in [6.45, 7) is -0.775. The van der Waals surface area contributed by atoms with Crippen LogP contribution < -0.4 is 10.6 Å². The average Bonchev–Trinajstić information content (AvgIpc) is 2.60. The summed E-state index contributed by atoms with van der Waals surface area (Å²) in [7, 11) is 0. The lowest BCUT2D eigenvalue weighted by molar-refractivity contribution is -0.143. The number of halogens is 3. The average molecular weight is 371 g/mol. The lowest BCUT2D eigenvalue weighted by atomic mass is 10.0. The number of carbonyl (C=O) groups is 3. The molecule has 0 bridgehead atoms. The molecule has 0 atom stereocenters. The van der Waals surface area contributed by atoms with Gasteiger partial charge in [-0.2, -0.15) is 13.2 Å². The van der Waals surface area contributed by atoms with Gasteiger partial charge < -0.3 is 15.5 Å². The van der Waals surface area contributed by atoms with E-state index in [9.17, 15) is 27.6 Å². The third-order valence-corrected chi connectivity index (χ3v) is 4.02. The van der Waals surface area contributed by atoms with Crippen molar-refractivity contribution < 1.29 is 27.6 Å². The van der Waals surface area contributed by atoms with Crippen LogP contribution in [0, 0.1) is 0 Å². The quantitative estimate of drug-likeness (QED) is 0.770. The number of alkyl halides is 3. The summed E-state index contributed by atoms with van der Waals surface area (Å²) in [5.74, 6) is -1.66. The maximum absolute atomic E-state index is 12.1. The topological polar surface area (TPSA) is 78.5 Å². The molecule has 3 amide bonds. The van der Waals surface area contributed by atoms with Crippen LogP contribution in [0.4, 0.5) is 13.2 Å². The molecule has 0 aromatic heterocycles. The second kappa shape index (κ2) is 8.68. The fourth-order valence-electron chi connectivity index (χ4n) is 2.64. The number of carbonyl (C=O) groups excluding carboxylic acids is 3. The molecule has 1 aromatic carbocycles. The zero-order chi connectivity index (χ0) is 19.2. The molecular weight excluding hydrogens is 351 g/mol. The molecule has 1 fully saturated rings. The highest BCUT2D eigenvalue weighted by atomic mass is 19.4. The zero-order valence-corrected chi connectivity index (χ0v) is 14.0. The predicted molar refractivity (Wildman–Crippen MR) is 87.2 cm³/mol.